The summed E-state index contributed by atoms with van der Waals surface area (Å²) in [6, 6.07) is 2.29. The Labute approximate surface area is 92.6 Å². The van der Waals surface area contributed by atoms with Crippen LogP contribution in [0.1, 0.15) is 12.8 Å². The van der Waals surface area contributed by atoms with Crippen LogP contribution in [0.15, 0.2) is 12.1 Å². The van der Waals surface area contributed by atoms with Crippen LogP contribution < -0.4 is 11.1 Å². The number of methoxy groups -OCH3 is 1. The molecule has 1 saturated carbocycles. The van der Waals surface area contributed by atoms with Gasteiger partial charge in [-0.25, -0.2) is 8.78 Å². The molecule has 0 amide bonds. The SMILES string of the molecule is COC1CC(Nc2c(F)cc(N)cc2F)C1. The number of nitrogen functional groups attached to an aromatic ring is 1. The Bertz CT molecular complexity index is 369. The third kappa shape index (κ3) is 2.09. The lowest BCUT2D eigenvalue weighted by Crippen LogP contribution is -2.40. The van der Waals surface area contributed by atoms with E-state index >= 15 is 0 Å². The monoisotopic (exact) mass is 228 g/mol. The second kappa shape index (κ2) is 4.25. The van der Waals surface area contributed by atoms with Crippen molar-refractivity contribution in [3.63, 3.8) is 0 Å². The Morgan fingerprint density at radius 3 is 2.38 bits per heavy atom. The summed E-state index contributed by atoms with van der Waals surface area (Å²) in [6.45, 7) is 0. The molecule has 1 aromatic carbocycles. The lowest BCUT2D eigenvalue weighted by molar-refractivity contribution is 0.0327. The fourth-order valence-electron chi connectivity index (χ4n) is 1.81. The predicted molar refractivity (Wildman–Crippen MR) is 58.2 cm³/mol. The summed E-state index contributed by atoms with van der Waals surface area (Å²) in [5.74, 6) is -1.31. The van der Waals surface area contributed by atoms with E-state index in [2.05, 4.69) is 5.32 Å². The van der Waals surface area contributed by atoms with Crippen molar-refractivity contribution in [3.8, 4) is 0 Å². The number of nitrogens with one attached hydrogen (secondary N) is 1. The molecule has 0 bridgehead atoms. The molecule has 3 nitrogen and oxygen atoms in total. The molecule has 0 unspecified atom stereocenters. The second-order valence-electron chi connectivity index (χ2n) is 4.03. The maximum Gasteiger partial charge on any atom is 0.151 e. The highest BCUT2D eigenvalue weighted by molar-refractivity contribution is 5.54. The molecule has 0 aliphatic heterocycles. The van der Waals surface area contributed by atoms with Crippen molar-refractivity contribution in [3.05, 3.63) is 23.8 Å². The number of nitrogens with two attached hydrogens (primary N) is 1. The molecule has 0 heterocycles. The highest BCUT2D eigenvalue weighted by Crippen LogP contribution is 2.29. The van der Waals surface area contributed by atoms with Gasteiger partial charge in [-0.05, 0) is 25.0 Å². The Morgan fingerprint density at radius 1 is 1.31 bits per heavy atom. The van der Waals surface area contributed by atoms with Crippen LogP contribution in [0.4, 0.5) is 20.2 Å². The van der Waals surface area contributed by atoms with Gasteiger partial charge >= 0.3 is 0 Å². The molecular formula is C11H14F2N2O. The van der Waals surface area contributed by atoms with Gasteiger partial charge in [0, 0.05) is 18.8 Å². The number of rotatable bonds is 3. The first-order chi connectivity index (χ1) is 7.60. The predicted octanol–water partition coefficient (Wildman–Crippen LogP) is 2.14. The zero-order valence-corrected chi connectivity index (χ0v) is 8.97. The van der Waals surface area contributed by atoms with Crippen molar-refractivity contribution < 1.29 is 13.5 Å². The van der Waals surface area contributed by atoms with Crippen molar-refractivity contribution >= 4 is 11.4 Å². The van der Waals surface area contributed by atoms with E-state index in [1.807, 2.05) is 0 Å². The van der Waals surface area contributed by atoms with E-state index in [0.29, 0.717) is 0 Å². The molecule has 16 heavy (non-hydrogen) atoms. The molecule has 5 heteroatoms. The van der Waals surface area contributed by atoms with Gasteiger partial charge in [0.05, 0.1) is 6.10 Å². The summed E-state index contributed by atoms with van der Waals surface area (Å²) in [5, 5.41) is 2.82. The first-order valence-electron chi connectivity index (χ1n) is 5.14. The lowest BCUT2D eigenvalue weighted by atomic mass is 9.89. The van der Waals surface area contributed by atoms with Gasteiger partial charge in [0.25, 0.3) is 0 Å². The van der Waals surface area contributed by atoms with E-state index in [1.165, 1.54) is 0 Å². The second-order valence-corrected chi connectivity index (χ2v) is 4.03. The first kappa shape index (κ1) is 11.1. The zero-order valence-electron chi connectivity index (χ0n) is 8.97. The van der Waals surface area contributed by atoms with Gasteiger partial charge in [0.1, 0.15) is 5.69 Å². The average Bonchev–Trinajstić information content (AvgIpc) is 2.13. The minimum atomic E-state index is -0.654. The molecule has 1 fully saturated rings. The van der Waals surface area contributed by atoms with Gasteiger partial charge in [-0.1, -0.05) is 0 Å². The van der Waals surface area contributed by atoms with Gasteiger partial charge in [0.2, 0.25) is 0 Å². The zero-order chi connectivity index (χ0) is 11.7. The van der Waals surface area contributed by atoms with E-state index in [1.54, 1.807) is 7.11 Å². The molecule has 0 atom stereocenters. The van der Waals surface area contributed by atoms with Crippen LogP contribution in [0.2, 0.25) is 0 Å². The summed E-state index contributed by atoms with van der Waals surface area (Å²) in [4.78, 5) is 0. The summed E-state index contributed by atoms with van der Waals surface area (Å²) in [5.41, 5.74) is 5.31. The van der Waals surface area contributed by atoms with Crippen LogP contribution in [0.25, 0.3) is 0 Å². The molecule has 0 saturated heterocycles. The number of benzene rings is 1. The van der Waals surface area contributed by atoms with E-state index in [4.69, 9.17) is 10.5 Å². The average molecular weight is 228 g/mol. The molecule has 0 aromatic heterocycles. The minimum Gasteiger partial charge on any atom is -0.399 e. The molecule has 2 rings (SSSR count). The third-order valence-electron chi connectivity index (χ3n) is 2.84. The van der Waals surface area contributed by atoms with Crippen molar-refractivity contribution in [2.24, 2.45) is 0 Å². The Hall–Kier alpha value is -1.36. The van der Waals surface area contributed by atoms with Crippen molar-refractivity contribution in [2.75, 3.05) is 18.2 Å². The molecule has 0 spiro atoms. The van der Waals surface area contributed by atoms with Crippen molar-refractivity contribution in [2.45, 2.75) is 25.0 Å². The summed E-state index contributed by atoms with van der Waals surface area (Å²) in [6.07, 6.45) is 1.72. The molecule has 88 valence electrons. The topological polar surface area (TPSA) is 47.3 Å². The molecule has 1 aromatic rings. The molecule has 0 radical (unpaired) electrons. The Morgan fingerprint density at radius 2 is 1.88 bits per heavy atom. The molecule has 3 N–H and O–H groups in total. The Balaban J connectivity index is 2.05. The van der Waals surface area contributed by atoms with E-state index in [9.17, 15) is 8.78 Å². The maximum absolute atomic E-state index is 13.4. The smallest absolute Gasteiger partial charge is 0.151 e. The molecular weight excluding hydrogens is 214 g/mol. The minimum absolute atomic E-state index is 0.0672. The molecule has 1 aliphatic rings. The van der Waals surface area contributed by atoms with Crippen LogP contribution >= 0.6 is 0 Å². The van der Waals surface area contributed by atoms with E-state index < -0.39 is 11.6 Å². The summed E-state index contributed by atoms with van der Waals surface area (Å²) >= 11 is 0. The largest absolute Gasteiger partial charge is 0.399 e. The van der Waals surface area contributed by atoms with Crippen LogP contribution in [0, 0.1) is 11.6 Å². The third-order valence-corrected chi connectivity index (χ3v) is 2.84. The van der Waals surface area contributed by atoms with Crippen LogP contribution in [-0.2, 0) is 4.74 Å². The number of hydrogen-bond acceptors (Lipinski definition) is 3. The van der Waals surface area contributed by atoms with Crippen molar-refractivity contribution in [1.29, 1.82) is 0 Å². The normalized spacial score (nSPS) is 23.9. The quantitative estimate of drug-likeness (QED) is 0.779. The number of halogens is 2. The fourth-order valence-corrected chi connectivity index (χ4v) is 1.81. The molecule has 1 aliphatic carbocycles. The van der Waals surface area contributed by atoms with Gasteiger partial charge in [-0.15, -0.1) is 0 Å². The Kier molecular flexibility index (Phi) is 2.96. The lowest BCUT2D eigenvalue weighted by Gasteiger charge is -2.35. The fraction of sp³-hybridized carbons (Fsp3) is 0.455. The highest BCUT2D eigenvalue weighted by Gasteiger charge is 2.30. The van der Waals surface area contributed by atoms with E-state index in [0.717, 1.165) is 25.0 Å². The van der Waals surface area contributed by atoms with E-state index in [-0.39, 0.29) is 23.5 Å². The van der Waals surface area contributed by atoms with Gasteiger partial charge in [0.15, 0.2) is 11.6 Å². The number of anilines is 2. The highest BCUT2D eigenvalue weighted by atomic mass is 19.1. The van der Waals surface area contributed by atoms with Gasteiger partial charge in [-0.3, -0.25) is 0 Å². The first-order valence-corrected chi connectivity index (χ1v) is 5.14. The van der Waals surface area contributed by atoms with Crippen LogP contribution in [0.3, 0.4) is 0 Å². The van der Waals surface area contributed by atoms with Crippen LogP contribution in [-0.4, -0.2) is 19.3 Å². The summed E-state index contributed by atoms with van der Waals surface area (Å²) in [7, 11) is 1.63. The van der Waals surface area contributed by atoms with Crippen molar-refractivity contribution in [1.82, 2.24) is 0 Å². The van der Waals surface area contributed by atoms with Gasteiger partial charge in [-0.2, -0.15) is 0 Å². The standard InChI is InChI=1S/C11H14F2N2O/c1-16-8-4-7(5-8)15-11-9(12)2-6(14)3-10(11)13/h2-3,7-8,15H,4-5,14H2,1H3. The number of hydrogen-bond donors (Lipinski definition) is 2. The van der Waals surface area contributed by atoms with Gasteiger partial charge < -0.3 is 15.8 Å². The number of ether oxygens (including phenoxy) is 1. The van der Waals surface area contributed by atoms with Crippen LogP contribution in [0.5, 0.6) is 0 Å². The maximum atomic E-state index is 13.4. The summed E-state index contributed by atoms with van der Waals surface area (Å²) < 4.78 is 31.9.